The van der Waals surface area contributed by atoms with Gasteiger partial charge in [0.05, 0.1) is 30.0 Å². The number of fused-ring (bicyclic) bond motifs is 2. The van der Waals surface area contributed by atoms with Gasteiger partial charge < -0.3 is 35.5 Å². The second kappa shape index (κ2) is 19.1. The number of amides is 7. The van der Waals surface area contributed by atoms with Crippen molar-refractivity contribution in [2.75, 3.05) is 71.3 Å². The molecule has 1 saturated heterocycles. The van der Waals surface area contributed by atoms with Gasteiger partial charge in [0.25, 0.3) is 11.8 Å². The molecule has 336 valence electrons. The Labute approximate surface area is 375 Å². The lowest BCUT2D eigenvalue weighted by atomic mass is 9.89. The van der Waals surface area contributed by atoms with Gasteiger partial charge in [-0.2, -0.15) is 5.10 Å². The second-order valence-electron chi connectivity index (χ2n) is 16.4. The van der Waals surface area contributed by atoms with Crippen LogP contribution in [0.15, 0.2) is 90.2 Å². The number of benzene rings is 3. The van der Waals surface area contributed by atoms with Gasteiger partial charge in [0.15, 0.2) is 0 Å². The van der Waals surface area contributed by atoms with Gasteiger partial charge in [-0.1, -0.05) is 36.4 Å². The normalized spacial score (nSPS) is 17.1. The number of piperidine rings is 1. The molecule has 0 spiro atoms. The number of hydrogen-bond donors (Lipinski definition) is 5. The van der Waals surface area contributed by atoms with Crippen LogP contribution < -0.4 is 21.3 Å². The Morgan fingerprint density at radius 1 is 0.938 bits per heavy atom. The molecule has 0 bridgehead atoms. The summed E-state index contributed by atoms with van der Waals surface area (Å²) in [5.74, 6) is -2.88. The van der Waals surface area contributed by atoms with E-state index in [4.69, 9.17) is 9.84 Å². The molecule has 8 rings (SSSR count). The maximum atomic E-state index is 13.3. The fraction of sp³-hybridized carbons (Fsp3) is 0.319. The Morgan fingerprint density at radius 2 is 1.74 bits per heavy atom. The maximum Gasteiger partial charge on any atom is 0.323 e. The highest BCUT2D eigenvalue weighted by molar-refractivity contribution is 6.25. The van der Waals surface area contributed by atoms with Crippen molar-refractivity contribution in [1.82, 2.24) is 40.3 Å². The molecule has 5 aromatic rings. The third kappa shape index (κ3) is 9.58. The van der Waals surface area contributed by atoms with Crippen LogP contribution in [0.3, 0.4) is 0 Å². The zero-order valence-electron chi connectivity index (χ0n) is 36.6. The van der Waals surface area contributed by atoms with Crippen LogP contribution in [0.2, 0.25) is 0 Å². The molecule has 18 heteroatoms. The molecular formula is C47H51N11O7. The summed E-state index contributed by atoms with van der Waals surface area (Å²) in [6, 6.07) is 23.6. The SMILES string of the molecule is CCN1CC(c2ccnc3[nH]c(-c4cccc(CN(C)C)c4)cc23)C(c2ccc(NC(=O)N(C)COCCNC(=O)CNc3cccc4c3C(=O)N(C3CCC(=O)NC3=O)C4=O)cc2)=N1. The van der Waals surface area contributed by atoms with Crippen LogP contribution in [0.1, 0.15) is 63.1 Å². The van der Waals surface area contributed by atoms with Gasteiger partial charge in [-0.15, -0.1) is 0 Å². The highest BCUT2D eigenvalue weighted by atomic mass is 16.5. The summed E-state index contributed by atoms with van der Waals surface area (Å²) in [7, 11) is 5.72. The Kier molecular flexibility index (Phi) is 13.0. The number of urea groups is 1. The molecule has 0 aliphatic carbocycles. The molecule has 2 atom stereocenters. The van der Waals surface area contributed by atoms with Gasteiger partial charge in [0.2, 0.25) is 17.7 Å². The molecule has 5 N–H and O–H groups in total. The molecule has 0 saturated carbocycles. The fourth-order valence-corrected chi connectivity index (χ4v) is 8.34. The molecular weight excluding hydrogens is 831 g/mol. The van der Waals surface area contributed by atoms with Crippen LogP contribution in [0.5, 0.6) is 0 Å². The summed E-state index contributed by atoms with van der Waals surface area (Å²) in [6.07, 6.45) is 1.89. The number of likely N-dealkylation sites (N-methyl/N-ethyl adjacent to an activating group) is 1. The number of carbonyl (C=O) groups excluding carboxylic acids is 6. The van der Waals surface area contributed by atoms with E-state index in [1.54, 1.807) is 19.2 Å². The minimum absolute atomic E-state index is 0.00365. The standard InChI is InChI=1S/C47H51N11O7/c1-5-57-26-35(32-18-19-49-43-34(32)23-37(52-43)30-9-6-8-28(22-30)25-55(2)3)42(54-57)29-12-14-31(15-13-29)51-47(64)56(4)27-65-21-20-48-40(60)24-50-36-11-7-10-33-41(36)46(63)58(45(33)62)38-16-17-39(59)53-44(38)61/h6-15,18-19,22-23,35,38,50H,5,16-17,20-21,24-27H2,1-4H3,(H,48,60)(H,49,52)(H,51,64)(H,53,59,61). The van der Waals surface area contributed by atoms with E-state index in [2.05, 4.69) is 98.6 Å². The van der Waals surface area contributed by atoms with E-state index in [-0.39, 0.29) is 68.0 Å². The first-order valence-corrected chi connectivity index (χ1v) is 21.5. The number of nitrogens with zero attached hydrogens (tertiary/aromatic N) is 6. The first kappa shape index (κ1) is 44.2. The Balaban J connectivity index is 0.807. The average molecular weight is 882 g/mol. The number of rotatable bonds is 16. The number of hydrogen-bond acceptors (Lipinski definition) is 12. The molecule has 1 fully saturated rings. The first-order chi connectivity index (χ1) is 31.4. The molecule has 7 amide bonds. The van der Waals surface area contributed by atoms with Crippen molar-refractivity contribution in [2.45, 2.75) is 38.3 Å². The molecule has 3 aliphatic rings. The Hall–Kier alpha value is -7.44. The number of aromatic amines is 1. The van der Waals surface area contributed by atoms with E-state index in [1.165, 1.54) is 16.5 Å². The molecule has 0 radical (unpaired) electrons. The smallest absolute Gasteiger partial charge is 0.323 e. The lowest BCUT2D eigenvalue weighted by Crippen LogP contribution is -2.54. The van der Waals surface area contributed by atoms with Gasteiger partial charge in [0, 0.05) is 74.2 Å². The summed E-state index contributed by atoms with van der Waals surface area (Å²) >= 11 is 0. The zero-order valence-corrected chi connectivity index (χ0v) is 36.6. The molecule has 5 heterocycles. The van der Waals surface area contributed by atoms with E-state index in [0.29, 0.717) is 5.69 Å². The van der Waals surface area contributed by atoms with Crippen molar-refractivity contribution in [3.05, 3.63) is 113 Å². The van der Waals surface area contributed by atoms with Crippen molar-refractivity contribution in [1.29, 1.82) is 0 Å². The van der Waals surface area contributed by atoms with Crippen molar-refractivity contribution < 1.29 is 33.5 Å². The number of hydrazone groups is 1. The molecule has 3 aliphatic heterocycles. The number of carbonyl (C=O) groups is 6. The number of H-pyrrole nitrogens is 1. The summed E-state index contributed by atoms with van der Waals surface area (Å²) in [5.41, 5.74) is 8.22. The van der Waals surface area contributed by atoms with Gasteiger partial charge in [-0.25, -0.2) is 9.78 Å². The number of aromatic nitrogens is 2. The minimum Gasteiger partial charge on any atom is -0.375 e. The van der Waals surface area contributed by atoms with Crippen molar-refractivity contribution >= 4 is 63.7 Å². The fourth-order valence-electron chi connectivity index (χ4n) is 8.34. The van der Waals surface area contributed by atoms with Crippen molar-refractivity contribution in [3.63, 3.8) is 0 Å². The number of anilines is 2. The number of ether oxygens (including phenoxy) is 1. The third-order valence-corrected chi connectivity index (χ3v) is 11.6. The molecule has 18 nitrogen and oxygen atoms in total. The van der Waals surface area contributed by atoms with Crippen LogP contribution in [0, 0.1) is 0 Å². The number of imide groups is 2. The molecule has 3 aromatic carbocycles. The van der Waals surface area contributed by atoms with Crippen LogP contribution in [0.25, 0.3) is 22.3 Å². The third-order valence-electron chi connectivity index (χ3n) is 11.6. The highest BCUT2D eigenvalue weighted by Gasteiger charge is 2.45. The summed E-state index contributed by atoms with van der Waals surface area (Å²) in [6.45, 7) is 4.43. The molecule has 2 aromatic heterocycles. The van der Waals surface area contributed by atoms with E-state index < -0.39 is 35.6 Å². The lowest BCUT2D eigenvalue weighted by Gasteiger charge is -2.27. The number of pyridine rings is 1. The predicted octanol–water partition coefficient (Wildman–Crippen LogP) is 4.18. The minimum atomic E-state index is -1.10. The largest absolute Gasteiger partial charge is 0.375 e. The topological polar surface area (TPSA) is 214 Å². The zero-order chi connectivity index (χ0) is 45.8. The van der Waals surface area contributed by atoms with E-state index in [9.17, 15) is 28.8 Å². The summed E-state index contributed by atoms with van der Waals surface area (Å²) < 4.78 is 5.64. The van der Waals surface area contributed by atoms with Crippen molar-refractivity contribution in [2.24, 2.45) is 5.10 Å². The first-order valence-electron chi connectivity index (χ1n) is 21.5. The second-order valence-corrected chi connectivity index (χ2v) is 16.4. The van der Waals surface area contributed by atoms with Gasteiger partial charge in [-0.05, 0) is 92.2 Å². The van der Waals surface area contributed by atoms with Crippen LogP contribution in [-0.2, 0) is 25.7 Å². The van der Waals surface area contributed by atoms with Gasteiger partial charge >= 0.3 is 6.03 Å². The van der Waals surface area contributed by atoms with Crippen molar-refractivity contribution in [3.8, 4) is 11.3 Å². The maximum absolute atomic E-state index is 13.3. The number of nitrogens with one attached hydrogen (secondary N) is 5. The van der Waals surface area contributed by atoms with E-state index in [0.717, 1.165) is 63.7 Å². The van der Waals surface area contributed by atoms with Crippen LogP contribution in [0.4, 0.5) is 16.2 Å². The van der Waals surface area contributed by atoms with E-state index in [1.807, 2.05) is 30.5 Å². The average Bonchev–Trinajstić information content (AvgIpc) is 4.00. The van der Waals surface area contributed by atoms with Gasteiger partial charge in [-0.3, -0.25) is 39.2 Å². The van der Waals surface area contributed by atoms with Crippen LogP contribution >= 0.6 is 0 Å². The molecule has 65 heavy (non-hydrogen) atoms. The van der Waals surface area contributed by atoms with Crippen LogP contribution in [-0.4, -0.2) is 138 Å². The monoisotopic (exact) mass is 881 g/mol. The summed E-state index contributed by atoms with van der Waals surface area (Å²) in [4.78, 5) is 88.8. The highest BCUT2D eigenvalue weighted by Crippen LogP contribution is 2.36. The molecule has 2 unspecified atom stereocenters. The predicted molar refractivity (Wildman–Crippen MR) is 244 cm³/mol. The summed E-state index contributed by atoms with van der Waals surface area (Å²) in [5, 5.41) is 18.8. The Bertz CT molecular complexity index is 2700. The lowest BCUT2D eigenvalue weighted by molar-refractivity contribution is -0.136. The van der Waals surface area contributed by atoms with E-state index >= 15 is 0 Å². The van der Waals surface area contributed by atoms with Gasteiger partial charge in [0.1, 0.15) is 18.4 Å². The Morgan fingerprint density at radius 3 is 2.51 bits per heavy atom. The quantitative estimate of drug-likeness (QED) is 0.0539.